The van der Waals surface area contributed by atoms with Gasteiger partial charge in [-0.05, 0) is 44.3 Å². The van der Waals surface area contributed by atoms with E-state index in [0.29, 0.717) is 11.1 Å². The summed E-state index contributed by atoms with van der Waals surface area (Å²) in [6.07, 6.45) is 4.06. The molecule has 112 valence electrons. The van der Waals surface area contributed by atoms with Gasteiger partial charge in [-0.3, -0.25) is 0 Å². The van der Waals surface area contributed by atoms with Crippen LogP contribution >= 0.6 is 0 Å². The van der Waals surface area contributed by atoms with Crippen molar-refractivity contribution in [2.45, 2.75) is 58.2 Å². The molecule has 0 aromatic rings. The van der Waals surface area contributed by atoms with Gasteiger partial charge in [0.15, 0.2) is 0 Å². The van der Waals surface area contributed by atoms with Gasteiger partial charge in [-0.15, -0.1) is 0 Å². The molecule has 0 heterocycles. The van der Waals surface area contributed by atoms with E-state index in [1.165, 1.54) is 7.11 Å². The molecule has 2 aliphatic rings. The van der Waals surface area contributed by atoms with Crippen molar-refractivity contribution in [1.82, 2.24) is 0 Å². The summed E-state index contributed by atoms with van der Waals surface area (Å²) in [6, 6.07) is 0. The molecule has 2 aliphatic carbocycles. The molecule has 1 fully saturated rings. The molecule has 0 bridgehead atoms. The summed E-state index contributed by atoms with van der Waals surface area (Å²) in [7, 11) is 1.35. The highest BCUT2D eigenvalue weighted by Gasteiger charge is 2.64. The first kappa shape index (κ1) is 15.3. The SMILES string of the molecule is CCC/C=C1/C(C(=O)OC)=C(C)C2(CC2)C(C)(O)C1O. The minimum atomic E-state index is -1.23. The number of ether oxygens (including phenoxy) is 1. The maximum Gasteiger partial charge on any atom is 0.338 e. The molecular weight excluding hydrogens is 256 g/mol. The van der Waals surface area contributed by atoms with Crippen molar-refractivity contribution < 1.29 is 19.7 Å². The Labute approximate surface area is 120 Å². The Kier molecular flexibility index (Phi) is 3.82. The fourth-order valence-corrected chi connectivity index (χ4v) is 3.43. The molecule has 1 saturated carbocycles. The fraction of sp³-hybridized carbons (Fsp3) is 0.688. The number of aliphatic hydroxyl groups is 2. The second-order valence-electron chi connectivity index (χ2n) is 6.07. The van der Waals surface area contributed by atoms with Gasteiger partial charge < -0.3 is 14.9 Å². The number of unbranched alkanes of at least 4 members (excludes halogenated alkanes) is 1. The second kappa shape index (κ2) is 5.01. The van der Waals surface area contributed by atoms with Crippen molar-refractivity contribution in [3.05, 3.63) is 22.8 Å². The monoisotopic (exact) mass is 280 g/mol. The van der Waals surface area contributed by atoms with Gasteiger partial charge in [-0.1, -0.05) is 19.4 Å². The van der Waals surface area contributed by atoms with Crippen molar-refractivity contribution >= 4 is 5.97 Å². The van der Waals surface area contributed by atoms with Gasteiger partial charge in [0, 0.05) is 5.41 Å². The largest absolute Gasteiger partial charge is 0.465 e. The molecule has 4 heteroatoms. The average molecular weight is 280 g/mol. The second-order valence-corrected chi connectivity index (χ2v) is 6.07. The Morgan fingerprint density at radius 1 is 1.50 bits per heavy atom. The third-order valence-electron chi connectivity index (χ3n) is 4.97. The summed E-state index contributed by atoms with van der Waals surface area (Å²) >= 11 is 0. The highest BCUT2D eigenvalue weighted by Crippen LogP contribution is 2.64. The first-order valence-electron chi connectivity index (χ1n) is 7.24. The predicted octanol–water partition coefficient (Wildman–Crippen LogP) is 2.11. The van der Waals surface area contributed by atoms with Crippen molar-refractivity contribution in [2.24, 2.45) is 5.41 Å². The summed E-state index contributed by atoms with van der Waals surface area (Å²) in [6.45, 7) is 5.57. The topological polar surface area (TPSA) is 66.8 Å². The van der Waals surface area contributed by atoms with Crippen molar-refractivity contribution in [3.63, 3.8) is 0 Å². The molecule has 2 rings (SSSR count). The summed E-state index contributed by atoms with van der Waals surface area (Å²) < 4.78 is 4.88. The van der Waals surface area contributed by atoms with Gasteiger partial charge in [-0.2, -0.15) is 0 Å². The van der Waals surface area contributed by atoms with E-state index in [2.05, 4.69) is 0 Å². The fourth-order valence-electron chi connectivity index (χ4n) is 3.43. The molecule has 2 atom stereocenters. The van der Waals surface area contributed by atoms with E-state index in [0.717, 1.165) is 31.3 Å². The first-order chi connectivity index (χ1) is 9.33. The van der Waals surface area contributed by atoms with Crippen LogP contribution in [0.1, 0.15) is 46.5 Å². The quantitative estimate of drug-likeness (QED) is 0.777. The van der Waals surface area contributed by atoms with E-state index < -0.39 is 23.1 Å². The van der Waals surface area contributed by atoms with Crippen LogP contribution in [0.5, 0.6) is 0 Å². The van der Waals surface area contributed by atoms with E-state index in [1.807, 2.05) is 19.9 Å². The number of rotatable bonds is 3. The smallest absolute Gasteiger partial charge is 0.338 e. The lowest BCUT2D eigenvalue weighted by molar-refractivity contribution is -0.137. The number of carbonyl (C=O) groups is 1. The zero-order valence-corrected chi connectivity index (χ0v) is 12.7. The first-order valence-corrected chi connectivity index (χ1v) is 7.24. The summed E-state index contributed by atoms with van der Waals surface area (Å²) in [5.74, 6) is -0.425. The lowest BCUT2D eigenvalue weighted by atomic mass is 9.66. The van der Waals surface area contributed by atoms with Crippen molar-refractivity contribution in [1.29, 1.82) is 0 Å². The Balaban J connectivity index is 2.60. The van der Waals surface area contributed by atoms with Crippen molar-refractivity contribution in [2.75, 3.05) is 7.11 Å². The highest BCUT2D eigenvalue weighted by atomic mass is 16.5. The molecule has 2 N–H and O–H groups in total. The Morgan fingerprint density at radius 2 is 2.10 bits per heavy atom. The minimum absolute atomic E-state index is 0.425. The third-order valence-corrected chi connectivity index (χ3v) is 4.97. The van der Waals surface area contributed by atoms with Crippen LogP contribution in [0.2, 0.25) is 0 Å². The lowest BCUT2D eigenvalue weighted by Gasteiger charge is -2.44. The lowest BCUT2D eigenvalue weighted by Crippen LogP contribution is -2.53. The van der Waals surface area contributed by atoms with Crippen LogP contribution in [0, 0.1) is 5.41 Å². The van der Waals surface area contributed by atoms with Crippen molar-refractivity contribution in [3.8, 4) is 0 Å². The van der Waals surface area contributed by atoms with E-state index in [1.54, 1.807) is 6.92 Å². The zero-order chi connectivity index (χ0) is 15.1. The molecule has 0 aromatic carbocycles. The summed E-state index contributed by atoms with van der Waals surface area (Å²) in [5.41, 5.74) is 0.117. The molecule has 0 radical (unpaired) electrons. The van der Waals surface area contributed by atoms with E-state index >= 15 is 0 Å². The molecule has 2 unspecified atom stereocenters. The maximum absolute atomic E-state index is 12.1. The van der Waals surface area contributed by atoms with Crippen LogP contribution in [0.3, 0.4) is 0 Å². The normalized spacial score (nSPS) is 33.7. The molecule has 0 saturated heterocycles. The Bertz CT molecular complexity index is 481. The number of hydrogen-bond acceptors (Lipinski definition) is 4. The van der Waals surface area contributed by atoms with Crippen LogP contribution in [0.15, 0.2) is 22.8 Å². The average Bonchev–Trinajstić information content (AvgIpc) is 3.21. The van der Waals surface area contributed by atoms with E-state index in [9.17, 15) is 15.0 Å². The number of esters is 1. The van der Waals surface area contributed by atoms with Gasteiger partial charge in [0.1, 0.15) is 11.7 Å². The zero-order valence-electron chi connectivity index (χ0n) is 12.7. The summed E-state index contributed by atoms with van der Waals surface area (Å²) in [5, 5.41) is 21.3. The molecule has 0 amide bonds. The molecule has 0 aliphatic heterocycles. The number of hydrogen-bond donors (Lipinski definition) is 2. The summed E-state index contributed by atoms with van der Waals surface area (Å²) in [4.78, 5) is 12.1. The van der Waals surface area contributed by atoms with Gasteiger partial charge in [0.05, 0.1) is 12.7 Å². The minimum Gasteiger partial charge on any atom is -0.465 e. The molecular formula is C16H24O4. The number of methoxy groups -OCH3 is 1. The third kappa shape index (κ3) is 1.93. The predicted molar refractivity (Wildman–Crippen MR) is 76.0 cm³/mol. The molecule has 20 heavy (non-hydrogen) atoms. The van der Waals surface area contributed by atoms with E-state index in [-0.39, 0.29) is 0 Å². The van der Waals surface area contributed by atoms with Crippen LogP contribution in [0.4, 0.5) is 0 Å². The standard InChI is InChI=1S/C16H24O4/c1-5-6-7-11-12(14(18)20-4)10(2)16(8-9-16)15(3,19)13(11)17/h7,13,17,19H,5-6,8-9H2,1-4H3/b11-7-. The van der Waals surface area contributed by atoms with Crippen LogP contribution in [-0.2, 0) is 9.53 Å². The number of carbonyl (C=O) groups excluding carboxylic acids is 1. The molecule has 0 aromatic heterocycles. The van der Waals surface area contributed by atoms with Gasteiger partial charge in [0.2, 0.25) is 0 Å². The highest BCUT2D eigenvalue weighted by molar-refractivity contribution is 5.95. The maximum atomic E-state index is 12.1. The van der Waals surface area contributed by atoms with Gasteiger partial charge in [0.25, 0.3) is 0 Å². The number of aliphatic hydroxyl groups excluding tert-OH is 1. The van der Waals surface area contributed by atoms with Gasteiger partial charge in [-0.25, -0.2) is 4.79 Å². The molecule has 4 nitrogen and oxygen atoms in total. The Morgan fingerprint density at radius 3 is 2.55 bits per heavy atom. The Hall–Kier alpha value is -1.13. The van der Waals surface area contributed by atoms with Gasteiger partial charge >= 0.3 is 5.97 Å². The van der Waals surface area contributed by atoms with Crippen LogP contribution < -0.4 is 0 Å². The van der Waals surface area contributed by atoms with Crippen LogP contribution in [-0.4, -0.2) is 35.0 Å². The van der Waals surface area contributed by atoms with E-state index in [4.69, 9.17) is 4.74 Å². The van der Waals surface area contributed by atoms with Crippen LogP contribution in [0.25, 0.3) is 0 Å². The molecule has 1 spiro atoms. The number of allylic oxidation sites excluding steroid dienone is 1.